The fourth-order valence-corrected chi connectivity index (χ4v) is 2.10. The van der Waals surface area contributed by atoms with Gasteiger partial charge in [0.05, 0.1) is 7.11 Å². The van der Waals surface area contributed by atoms with Crippen molar-refractivity contribution >= 4 is 17.1 Å². The summed E-state index contributed by atoms with van der Waals surface area (Å²) < 4.78 is 7.07. The maximum absolute atomic E-state index is 5.96. The van der Waals surface area contributed by atoms with Gasteiger partial charge in [0.25, 0.3) is 0 Å². The Kier molecular flexibility index (Phi) is 3.33. The highest BCUT2D eigenvalue weighted by Gasteiger charge is 2.18. The van der Waals surface area contributed by atoms with Crippen LogP contribution >= 0.6 is 0 Å². The zero-order chi connectivity index (χ0) is 13.3. The Morgan fingerprint density at radius 2 is 2.17 bits per heavy atom. The summed E-state index contributed by atoms with van der Waals surface area (Å²) in [4.78, 5) is 14.7. The highest BCUT2D eigenvalue weighted by Crippen LogP contribution is 2.25. The quantitative estimate of drug-likeness (QED) is 0.852. The van der Waals surface area contributed by atoms with Crippen molar-refractivity contribution in [1.82, 2.24) is 24.4 Å². The fourth-order valence-electron chi connectivity index (χ4n) is 2.10. The van der Waals surface area contributed by atoms with E-state index < -0.39 is 0 Å². The van der Waals surface area contributed by atoms with E-state index in [4.69, 9.17) is 10.5 Å². The zero-order valence-electron chi connectivity index (χ0n) is 11.1. The lowest BCUT2D eigenvalue weighted by Crippen LogP contribution is -2.23. The standard InChI is InChI=1S/C11H18N6O/c1-7(5-16(2)3)17-9-8(15-11(17)12)10(18-4)14-6-13-9/h6-7H,5H2,1-4H3,(H2,12,15). The molecule has 0 bridgehead atoms. The Morgan fingerprint density at radius 1 is 1.44 bits per heavy atom. The van der Waals surface area contributed by atoms with E-state index in [-0.39, 0.29) is 6.04 Å². The highest BCUT2D eigenvalue weighted by atomic mass is 16.5. The van der Waals surface area contributed by atoms with Gasteiger partial charge in [-0.15, -0.1) is 0 Å². The molecule has 0 saturated heterocycles. The molecule has 0 spiro atoms. The molecule has 18 heavy (non-hydrogen) atoms. The number of likely N-dealkylation sites (N-methyl/N-ethyl adjacent to an activating group) is 1. The molecular formula is C11H18N6O. The van der Waals surface area contributed by atoms with Crippen molar-refractivity contribution in [1.29, 1.82) is 0 Å². The first-order valence-electron chi connectivity index (χ1n) is 5.71. The summed E-state index contributed by atoms with van der Waals surface area (Å²) >= 11 is 0. The smallest absolute Gasteiger partial charge is 0.245 e. The first kappa shape index (κ1) is 12.6. The molecule has 0 saturated carbocycles. The molecule has 0 aliphatic carbocycles. The molecule has 7 heteroatoms. The van der Waals surface area contributed by atoms with E-state index in [2.05, 4.69) is 26.8 Å². The third-order valence-corrected chi connectivity index (χ3v) is 2.73. The van der Waals surface area contributed by atoms with Crippen molar-refractivity contribution in [2.75, 3.05) is 33.5 Å². The lowest BCUT2D eigenvalue weighted by molar-refractivity contribution is 0.342. The van der Waals surface area contributed by atoms with Crippen LogP contribution in [0.3, 0.4) is 0 Å². The predicted molar refractivity (Wildman–Crippen MR) is 69.6 cm³/mol. The molecule has 0 aliphatic rings. The molecule has 2 aromatic heterocycles. The third-order valence-electron chi connectivity index (χ3n) is 2.73. The Labute approximate surface area is 106 Å². The van der Waals surface area contributed by atoms with Crippen LogP contribution in [0.25, 0.3) is 11.2 Å². The van der Waals surface area contributed by atoms with Gasteiger partial charge < -0.3 is 15.4 Å². The van der Waals surface area contributed by atoms with Crippen LogP contribution in [0.2, 0.25) is 0 Å². The molecule has 7 nitrogen and oxygen atoms in total. The summed E-state index contributed by atoms with van der Waals surface area (Å²) in [5.74, 6) is 0.876. The van der Waals surface area contributed by atoms with Crippen LogP contribution < -0.4 is 10.5 Å². The van der Waals surface area contributed by atoms with Crippen LogP contribution in [0, 0.1) is 0 Å². The average Bonchev–Trinajstić information content (AvgIpc) is 2.63. The van der Waals surface area contributed by atoms with Crippen molar-refractivity contribution in [3.05, 3.63) is 6.33 Å². The number of hydrogen-bond donors (Lipinski definition) is 1. The highest BCUT2D eigenvalue weighted by molar-refractivity contribution is 5.79. The summed E-state index contributed by atoms with van der Waals surface area (Å²) in [6.45, 7) is 2.92. The molecule has 0 aliphatic heterocycles. The number of rotatable bonds is 4. The van der Waals surface area contributed by atoms with Crippen LogP contribution in [-0.2, 0) is 0 Å². The van der Waals surface area contributed by atoms with Gasteiger partial charge in [0.2, 0.25) is 11.8 Å². The van der Waals surface area contributed by atoms with Gasteiger partial charge in [-0.05, 0) is 21.0 Å². The Balaban J connectivity index is 2.54. The molecule has 2 aromatic rings. The first-order valence-corrected chi connectivity index (χ1v) is 5.71. The number of nitrogens with zero attached hydrogens (tertiary/aromatic N) is 5. The van der Waals surface area contributed by atoms with Crippen molar-refractivity contribution in [2.45, 2.75) is 13.0 Å². The van der Waals surface area contributed by atoms with Crippen molar-refractivity contribution in [2.24, 2.45) is 0 Å². The number of imidazole rings is 1. The van der Waals surface area contributed by atoms with E-state index in [0.717, 1.165) is 6.54 Å². The minimum Gasteiger partial charge on any atom is -0.479 e. The predicted octanol–water partition coefficient (Wildman–Crippen LogP) is 0.540. The average molecular weight is 250 g/mol. The summed E-state index contributed by atoms with van der Waals surface area (Å²) in [6.07, 6.45) is 1.46. The van der Waals surface area contributed by atoms with Gasteiger partial charge in [-0.1, -0.05) is 0 Å². The number of nitrogens with two attached hydrogens (primary N) is 1. The number of ether oxygens (including phenoxy) is 1. The molecule has 2 N–H and O–H groups in total. The van der Waals surface area contributed by atoms with Crippen molar-refractivity contribution in [3.8, 4) is 5.88 Å². The number of fused-ring (bicyclic) bond motifs is 1. The van der Waals surface area contributed by atoms with E-state index in [0.29, 0.717) is 23.0 Å². The second-order valence-corrected chi connectivity index (χ2v) is 4.51. The summed E-state index contributed by atoms with van der Waals surface area (Å²) in [6, 6.07) is 0.171. The van der Waals surface area contributed by atoms with Gasteiger partial charge in [0, 0.05) is 12.6 Å². The largest absolute Gasteiger partial charge is 0.479 e. The van der Waals surface area contributed by atoms with Crippen LogP contribution in [0.1, 0.15) is 13.0 Å². The number of hydrogen-bond acceptors (Lipinski definition) is 6. The van der Waals surface area contributed by atoms with E-state index in [9.17, 15) is 0 Å². The topological polar surface area (TPSA) is 82.1 Å². The second-order valence-electron chi connectivity index (χ2n) is 4.51. The van der Waals surface area contributed by atoms with Crippen LogP contribution in [0.4, 0.5) is 5.95 Å². The van der Waals surface area contributed by atoms with Crippen LogP contribution in [0.15, 0.2) is 6.33 Å². The lowest BCUT2D eigenvalue weighted by Gasteiger charge is -2.19. The third kappa shape index (κ3) is 2.08. The number of methoxy groups -OCH3 is 1. The van der Waals surface area contributed by atoms with Crippen molar-refractivity contribution < 1.29 is 4.74 Å². The molecule has 1 atom stereocenters. The molecular weight excluding hydrogens is 232 g/mol. The monoisotopic (exact) mass is 250 g/mol. The van der Waals surface area contributed by atoms with Gasteiger partial charge in [-0.25, -0.2) is 9.97 Å². The van der Waals surface area contributed by atoms with Crippen LogP contribution in [0.5, 0.6) is 5.88 Å². The molecule has 98 valence electrons. The SMILES string of the molecule is COc1ncnc2c1nc(N)n2C(C)CN(C)C. The lowest BCUT2D eigenvalue weighted by atomic mass is 10.3. The summed E-state index contributed by atoms with van der Waals surface area (Å²) in [5, 5.41) is 0. The zero-order valence-corrected chi connectivity index (χ0v) is 11.1. The maximum Gasteiger partial charge on any atom is 0.245 e. The van der Waals surface area contributed by atoms with E-state index in [1.54, 1.807) is 7.11 Å². The second kappa shape index (κ2) is 4.77. The molecule has 0 amide bonds. The number of aromatic nitrogens is 4. The Morgan fingerprint density at radius 3 is 2.78 bits per heavy atom. The van der Waals surface area contributed by atoms with E-state index in [1.165, 1.54) is 6.33 Å². The van der Waals surface area contributed by atoms with Gasteiger partial charge >= 0.3 is 0 Å². The summed E-state index contributed by atoms with van der Waals surface area (Å²) in [5.41, 5.74) is 7.27. The van der Waals surface area contributed by atoms with Crippen LogP contribution in [-0.4, -0.2) is 52.2 Å². The molecule has 0 radical (unpaired) electrons. The first-order chi connectivity index (χ1) is 8.54. The number of anilines is 1. The maximum atomic E-state index is 5.96. The normalized spacial score (nSPS) is 13.2. The van der Waals surface area contributed by atoms with Gasteiger partial charge in [-0.3, -0.25) is 4.57 Å². The minimum atomic E-state index is 0.171. The van der Waals surface area contributed by atoms with Crippen molar-refractivity contribution in [3.63, 3.8) is 0 Å². The molecule has 0 fully saturated rings. The van der Waals surface area contributed by atoms with Gasteiger partial charge in [0.15, 0.2) is 11.2 Å². The fraction of sp³-hybridized carbons (Fsp3) is 0.545. The Hall–Kier alpha value is -1.89. The molecule has 2 heterocycles. The summed E-state index contributed by atoms with van der Waals surface area (Å²) in [7, 11) is 5.59. The minimum absolute atomic E-state index is 0.171. The molecule has 0 aromatic carbocycles. The Bertz CT molecular complexity index is 550. The van der Waals surface area contributed by atoms with E-state index in [1.807, 2.05) is 18.7 Å². The molecule has 2 rings (SSSR count). The number of nitrogen functional groups attached to an aromatic ring is 1. The van der Waals surface area contributed by atoms with Gasteiger partial charge in [-0.2, -0.15) is 4.98 Å². The molecule has 1 unspecified atom stereocenters. The van der Waals surface area contributed by atoms with E-state index >= 15 is 0 Å². The van der Waals surface area contributed by atoms with Gasteiger partial charge in [0.1, 0.15) is 6.33 Å².